The maximum atomic E-state index is 10.1. The zero-order valence-corrected chi connectivity index (χ0v) is 6.42. The average molecular weight is 148 g/mol. The van der Waals surface area contributed by atoms with E-state index >= 15 is 0 Å². The van der Waals surface area contributed by atoms with E-state index in [2.05, 4.69) is 9.78 Å². The van der Waals surface area contributed by atoms with Gasteiger partial charge in [-0.05, 0) is 13.8 Å². The second-order valence-electron chi connectivity index (χ2n) is 1.69. The van der Waals surface area contributed by atoms with Gasteiger partial charge in [-0.25, -0.2) is 4.79 Å². The summed E-state index contributed by atoms with van der Waals surface area (Å²) in [6.45, 7) is 5.27. The largest absolute Gasteiger partial charge is 0.349 e. The molecule has 4 nitrogen and oxygen atoms in total. The van der Waals surface area contributed by atoms with Crippen LogP contribution < -0.4 is 0 Å². The highest BCUT2D eigenvalue weighted by molar-refractivity contribution is 5.65. The molecule has 0 rings (SSSR count). The first-order valence-electron chi connectivity index (χ1n) is 3.12. The van der Waals surface area contributed by atoms with Gasteiger partial charge in [0.1, 0.15) is 0 Å². The predicted molar refractivity (Wildman–Crippen MR) is 33.9 cm³/mol. The van der Waals surface area contributed by atoms with Crippen LogP contribution in [-0.2, 0) is 19.3 Å². The fourth-order valence-corrected chi connectivity index (χ4v) is 0.398. The third-order valence-corrected chi connectivity index (χ3v) is 0.702. The van der Waals surface area contributed by atoms with Gasteiger partial charge in [0, 0.05) is 13.5 Å². The van der Waals surface area contributed by atoms with Crippen molar-refractivity contribution >= 4 is 5.97 Å². The molecule has 0 aromatic carbocycles. The van der Waals surface area contributed by atoms with Crippen LogP contribution in [0.5, 0.6) is 0 Å². The Morgan fingerprint density at radius 3 is 2.60 bits per heavy atom. The summed E-state index contributed by atoms with van der Waals surface area (Å²) in [5, 5.41) is 0. The van der Waals surface area contributed by atoms with E-state index in [1.54, 1.807) is 6.92 Å². The summed E-state index contributed by atoms with van der Waals surface area (Å²) in [5.41, 5.74) is 0. The minimum Gasteiger partial charge on any atom is -0.349 e. The predicted octanol–water partition coefficient (Wildman–Crippen LogP) is 0.864. The number of hydrogen-bond acceptors (Lipinski definition) is 4. The Morgan fingerprint density at radius 1 is 1.60 bits per heavy atom. The number of rotatable bonds is 4. The van der Waals surface area contributed by atoms with Gasteiger partial charge in [0.05, 0.1) is 0 Å². The molecule has 60 valence electrons. The summed E-state index contributed by atoms with van der Waals surface area (Å²) >= 11 is 0. The Hall–Kier alpha value is -0.610. The first-order chi connectivity index (χ1) is 4.66. The molecule has 0 amide bonds. The summed E-state index contributed by atoms with van der Waals surface area (Å²) < 4.78 is 4.89. The van der Waals surface area contributed by atoms with Gasteiger partial charge in [-0.1, -0.05) is 0 Å². The SMILES string of the molecule is CCOC(C)OOC(C)=O. The first-order valence-corrected chi connectivity index (χ1v) is 3.12. The lowest BCUT2D eigenvalue weighted by Gasteiger charge is -2.08. The molecule has 0 saturated heterocycles. The number of ether oxygens (including phenoxy) is 1. The van der Waals surface area contributed by atoms with Crippen LogP contribution in [0, 0.1) is 0 Å². The Labute approximate surface area is 60.0 Å². The number of hydrogen-bond donors (Lipinski definition) is 0. The molecule has 0 bridgehead atoms. The third-order valence-electron chi connectivity index (χ3n) is 0.702. The summed E-state index contributed by atoms with van der Waals surface area (Å²) in [6.07, 6.45) is -0.492. The lowest BCUT2D eigenvalue weighted by Crippen LogP contribution is -2.14. The third kappa shape index (κ3) is 5.53. The molecule has 0 saturated carbocycles. The van der Waals surface area contributed by atoms with Crippen molar-refractivity contribution < 1.29 is 19.3 Å². The molecule has 0 heterocycles. The second kappa shape index (κ2) is 5.20. The molecular formula is C6H12O4. The van der Waals surface area contributed by atoms with Crippen molar-refractivity contribution in [3.63, 3.8) is 0 Å². The Morgan fingerprint density at radius 2 is 2.20 bits per heavy atom. The van der Waals surface area contributed by atoms with Crippen LogP contribution in [0.1, 0.15) is 20.8 Å². The lowest BCUT2D eigenvalue weighted by atomic mass is 10.7. The molecule has 4 heteroatoms. The Balaban J connectivity index is 3.21. The minimum atomic E-state index is -0.492. The van der Waals surface area contributed by atoms with E-state index in [4.69, 9.17) is 4.74 Å². The van der Waals surface area contributed by atoms with Crippen molar-refractivity contribution in [2.75, 3.05) is 6.61 Å². The summed E-state index contributed by atoms with van der Waals surface area (Å²) in [6, 6.07) is 0. The molecule has 0 N–H and O–H groups in total. The molecule has 0 aliphatic carbocycles. The van der Waals surface area contributed by atoms with Gasteiger partial charge in [-0.15, -0.1) is 0 Å². The maximum Gasteiger partial charge on any atom is 0.339 e. The molecule has 0 aromatic rings. The lowest BCUT2D eigenvalue weighted by molar-refractivity contribution is -0.344. The quantitative estimate of drug-likeness (QED) is 0.337. The highest BCUT2D eigenvalue weighted by Crippen LogP contribution is 1.93. The average Bonchev–Trinajstić information content (AvgIpc) is 1.85. The topological polar surface area (TPSA) is 44.8 Å². The van der Waals surface area contributed by atoms with Crippen LogP contribution >= 0.6 is 0 Å². The normalized spacial score (nSPS) is 12.7. The molecule has 1 unspecified atom stereocenters. The van der Waals surface area contributed by atoms with Crippen molar-refractivity contribution in [2.45, 2.75) is 27.1 Å². The fourth-order valence-electron chi connectivity index (χ4n) is 0.398. The molecule has 0 fully saturated rings. The van der Waals surface area contributed by atoms with Gasteiger partial charge in [-0.3, -0.25) is 4.89 Å². The molecule has 0 radical (unpaired) electrons. The van der Waals surface area contributed by atoms with Crippen LogP contribution in [0.25, 0.3) is 0 Å². The van der Waals surface area contributed by atoms with E-state index in [1.807, 2.05) is 6.92 Å². The molecule has 10 heavy (non-hydrogen) atoms. The summed E-state index contributed by atoms with van der Waals surface area (Å²) in [5.74, 6) is -0.480. The van der Waals surface area contributed by atoms with E-state index < -0.39 is 12.3 Å². The smallest absolute Gasteiger partial charge is 0.339 e. The second-order valence-corrected chi connectivity index (χ2v) is 1.69. The first kappa shape index (κ1) is 9.39. The van der Waals surface area contributed by atoms with Crippen molar-refractivity contribution in [1.82, 2.24) is 0 Å². The van der Waals surface area contributed by atoms with Crippen LogP contribution in [0.2, 0.25) is 0 Å². The zero-order valence-electron chi connectivity index (χ0n) is 6.42. The van der Waals surface area contributed by atoms with Crippen LogP contribution in [0.3, 0.4) is 0 Å². The van der Waals surface area contributed by atoms with Gasteiger partial charge in [0.15, 0.2) is 6.29 Å². The Kier molecular flexibility index (Phi) is 4.88. The van der Waals surface area contributed by atoms with E-state index in [9.17, 15) is 4.79 Å². The van der Waals surface area contributed by atoms with Crippen LogP contribution in [-0.4, -0.2) is 18.9 Å². The highest BCUT2D eigenvalue weighted by atomic mass is 17.2. The van der Waals surface area contributed by atoms with E-state index in [0.29, 0.717) is 6.61 Å². The monoisotopic (exact) mass is 148 g/mol. The summed E-state index contributed by atoms with van der Waals surface area (Å²) in [4.78, 5) is 18.8. The number of carbonyl (C=O) groups excluding carboxylic acids is 1. The Bertz CT molecular complexity index is 102. The van der Waals surface area contributed by atoms with E-state index in [1.165, 1.54) is 6.92 Å². The van der Waals surface area contributed by atoms with Crippen LogP contribution in [0.4, 0.5) is 0 Å². The van der Waals surface area contributed by atoms with Gasteiger partial charge < -0.3 is 4.74 Å². The molecule has 0 spiro atoms. The summed E-state index contributed by atoms with van der Waals surface area (Å²) in [7, 11) is 0. The van der Waals surface area contributed by atoms with E-state index in [0.717, 1.165) is 0 Å². The molecule has 0 aromatic heterocycles. The number of carbonyl (C=O) groups is 1. The van der Waals surface area contributed by atoms with Gasteiger partial charge in [-0.2, -0.15) is 4.89 Å². The molecule has 1 atom stereocenters. The van der Waals surface area contributed by atoms with Crippen molar-refractivity contribution in [3.05, 3.63) is 0 Å². The van der Waals surface area contributed by atoms with Crippen molar-refractivity contribution in [3.8, 4) is 0 Å². The van der Waals surface area contributed by atoms with E-state index in [-0.39, 0.29) is 0 Å². The molecule has 0 aliphatic heterocycles. The van der Waals surface area contributed by atoms with Gasteiger partial charge in [0.25, 0.3) is 0 Å². The van der Waals surface area contributed by atoms with Crippen LogP contribution in [0.15, 0.2) is 0 Å². The highest BCUT2D eigenvalue weighted by Gasteiger charge is 2.02. The van der Waals surface area contributed by atoms with Crippen molar-refractivity contribution in [2.24, 2.45) is 0 Å². The minimum absolute atomic E-state index is 0.480. The zero-order chi connectivity index (χ0) is 7.98. The standard InChI is InChI=1S/C6H12O4/c1-4-8-6(3)10-9-5(2)7/h6H,4H2,1-3H3. The maximum absolute atomic E-state index is 10.1. The van der Waals surface area contributed by atoms with Crippen molar-refractivity contribution in [1.29, 1.82) is 0 Å². The molecular weight excluding hydrogens is 136 g/mol. The van der Waals surface area contributed by atoms with Gasteiger partial charge >= 0.3 is 5.97 Å². The fraction of sp³-hybridized carbons (Fsp3) is 0.833. The molecule has 0 aliphatic rings. The van der Waals surface area contributed by atoms with Gasteiger partial charge in [0.2, 0.25) is 0 Å².